The van der Waals surface area contributed by atoms with Crippen LogP contribution in [-0.2, 0) is 11.2 Å². The lowest BCUT2D eigenvalue weighted by atomic mass is 9.70. The van der Waals surface area contributed by atoms with Crippen molar-refractivity contribution in [1.29, 1.82) is 0 Å². The van der Waals surface area contributed by atoms with Crippen LogP contribution in [0.25, 0.3) is 0 Å². The van der Waals surface area contributed by atoms with E-state index in [4.69, 9.17) is 9.73 Å². The summed E-state index contributed by atoms with van der Waals surface area (Å²) in [6.07, 6.45) is 5.84. The van der Waals surface area contributed by atoms with Crippen molar-refractivity contribution in [1.82, 2.24) is 0 Å². The summed E-state index contributed by atoms with van der Waals surface area (Å²) in [5, 5.41) is 9.41. The second-order valence-electron chi connectivity index (χ2n) is 6.42. The van der Waals surface area contributed by atoms with Gasteiger partial charge in [-0.2, -0.15) is 0 Å². The van der Waals surface area contributed by atoms with Crippen molar-refractivity contribution < 1.29 is 9.84 Å². The first-order valence-electron chi connectivity index (χ1n) is 7.84. The third-order valence-electron chi connectivity index (χ3n) is 5.06. The number of hydrogen-bond donors (Lipinski definition) is 1. The quantitative estimate of drug-likeness (QED) is 0.810. The Morgan fingerprint density at radius 3 is 2.82 bits per heavy atom. The highest BCUT2D eigenvalue weighted by Crippen LogP contribution is 2.48. The fourth-order valence-corrected chi connectivity index (χ4v) is 4.37. The van der Waals surface area contributed by atoms with Crippen molar-refractivity contribution in [3.63, 3.8) is 0 Å². The van der Waals surface area contributed by atoms with Gasteiger partial charge in [-0.05, 0) is 49.8 Å². The fraction of sp³-hybridized carbons (Fsp3) is 0.588. The highest BCUT2D eigenvalue weighted by atomic mass is 79.9. The van der Waals surface area contributed by atoms with Crippen molar-refractivity contribution >= 4 is 30.9 Å². The maximum absolute atomic E-state index is 9.41. The summed E-state index contributed by atoms with van der Waals surface area (Å²) >= 11 is 3.58. The van der Waals surface area contributed by atoms with E-state index in [0.717, 1.165) is 36.6 Å². The number of ether oxygens (including phenoxy) is 1. The van der Waals surface area contributed by atoms with Crippen molar-refractivity contribution in [2.75, 3.05) is 13.7 Å². The van der Waals surface area contributed by atoms with Crippen molar-refractivity contribution in [3.05, 3.63) is 33.8 Å². The molecule has 0 amide bonds. The topological polar surface area (TPSA) is 41.8 Å². The molecule has 0 aliphatic heterocycles. The molecule has 5 heteroatoms. The molecule has 22 heavy (non-hydrogen) atoms. The van der Waals surface area contributed by atoms with Gasteiger partial charge in [0, 0.05) is 28.3 Å². The zero-order chi connectivity index (χ0) is 15.7. The van der Waals surface area contributed by atoms with Crippen LogP contribution >= 0.6 is 25.2 Å². The zero-order valence-electron chi connectivity index (χ0n) is 12.9. The Kier molecular flexibility index (Phi) is 5.04. The van der Waals surface area contributed by atoms with Crippen LogP contribution in [0, 0.1) is 5.41 Å². The average Bonchev–Trinajstić information content (AvgIpc) is 2.81. The molecule has 3 rings (SSSR count). The molecule has 0 saturated heterocycles. The lowest BCUT2D eigenvalue weighted by Gasteiger charge is -2.37. The Balaban J connectivity index is 1.99. The molecule has 0 aromatic heterocycles. The van der Waals surface area contributed by atoms with Gasteiger partial charge in [0.1, 0.15) is 0 Å². The van der Waals surface area contributed by atoms with Crippen LogP contribution in [0.2, 0.25) is 0 Å². The molecule has 1 aromatic carbocycles. The molecule has 1 unspecified atom stereocenters. The van der Waals surface area contributed by atoms with Gasteiger partial charge < -0.3 is 9.84 Å². The molecule has 0 heterocycles. The van der Waals surface area contributed by atoms with Gasteiger partial charge in [0.25, 0.3) is 0 Å². The number of aliphatic hydroxyl groups excluding tert-OH is 1. The second-order valence-corrected chi connectivity index (χ2v) is 8.11. The summed E-state index contributed by atoms with van der Waals surface area (Å²) in [6, 6.07) is 6.50. The van der Waals surface area contributed by atoms with Crippen LogP contribution in [0.5, 0.6) is 0 Å². The smallest absolute Gasteiger partial charge is 0.0868 e. The summed E-state index contributed by atoms with van der Waals surface area (Å²) in [5.74, 6) is -0.128. The van der Waals surface area contributed by atoms with E-state index in [1.165, 1.54) is 16.8 Å². The van der Waals surface area contributed by atoms with Crippen LogP contribution < -0.4 is 0 Å². The first-order chi connectivity index (χ1) is 10.6. The van der Waals surface area contributed by atoms with Gasteiger partial charge in [0.05, 0.1) is 18.5 Å². The molecule has 1 fully saturated rings. The van der Waals surface area contributed by atoms with Crippen LogP contribution in [0.4, 0.5) is 0 Å². The predicted molar refractivity (Wildman–Crippen MR) is 96.7 cm³/mol. The number of rotatable bonds is 3. The van der Waals surface area contributed by atoms with Gasteiger partial charge >= 0.3 is 0 Å². The Hall–Kier alpha value is -0.280. The molecule has 1 spiro atoms. The van der Waals surface area contributed by atoms with Crippen LogP contribution in [0.15, 0.2) is 27.7 Å². The minimum absolute atomic E-state index is 0.0638. The number of aliphatic hydroxyl groups is 1. The summed E-state index contributed by atoms with van der Waals surface area (Å²) in [4.78, 5) is 4.87. The van der Waals surface area contributed by atoms with E-state index in [9.17, 15) is 5.11 Å². The summed E-state index contributed by atoms with van der Waals surface area (Å²) in [7, 11) is 4.45. The molecule has 1 N–H and O–H groups in total. The van der Waals surface area contributed by atoms with Gasteiger partial charge in [-0.15, -0.1) is 9.24 Å². The summed E-state index contributed by atoms with van der Waals surface area (Å²) < 4.78 is 6.62. The summed E-state index contributed by atoms with van der Waals surface area (Å²) in [5.41, 5.74) is 3.95. The van der Waals surface area contributed by atoms with E-state index in [-0.39, 0.29) is 17.8 Å². The molecule has 2 atom stereocenters. The molecule has 0 radical (unpaired) electrons. The number of halogens is 1. The molecular formula is C17H23BrNO2P. The second kappa shape index (κ2) is 6.68. The highest BCUT2D eigenvalue weighted by molar-refractivity contribution is 9.10. The van der Waals surface area contributed by atoms with Gasteiger partial charge in [-0.3, -0.25) is 4.99 Å². The molecule has 0 bridgehead atoms. The van der Waals surface area contributed by atoms with Crippen molar-refractivity contribution in [3.8, 4) is 0 Å². The van der Waals surface area contributed by atoms with Gasteiger partial charge in [0.15, 0.2) is 0 Å². The van der Waals surface area contributed by atoms with Crippen LogP contribution in [0.1, 0.15) is 36.8 Å². The number of hydrogen-bond acceptors (Lipinski definition) is 3. The number of nitrogens with zero attached hydrogens (tertiary/aromatic N) is 1. The normalized spacial score (nSPS) is 30.7. The van der Waals surface area contributed by atoms with Gasteiger partial charge in [-0.1, -0.05) is 22.0 Å². The molecule has 2 aliphatic carbocycles. The molecule has 120 valence electrons. The van der Waals surface area contributed by atoms with E-state index < -0.39 is 0 Å². The lowest BCUT2D eigenvalue weighted by Crippen LogP contribution is -2.36. The fourth-order valence-electron chi connectivity index (χ4n) is 3.86. The third-order valence-corrected chi connectivity index (χ3v) is 5.92. The van der Waals surface area contributed by atoms with Gasteiger partial charge in [-0.25, -0.2) is 0 Å². The average molecular weight is 384 g/mol. The Morgan fingerprint density at radius 2 is 2.18 bits per heavy atom. The molecule has 2 aliphatic rings. The van der Waals surface area contributed by atoms with Gasteiger partial charge in [0.2, 0.25) is 0 Å². The number of benzene rings is 1. The maximum Gasteiger partial charge on any atom is 0.0868 e. The Labute approximate surface area is 142 Å². The number of aliphatic imine (C=N–C) groups is 1. The largest absolute Gasteiger partial charge is 0.394 e. The Morgan fingerprint density at radius 1 is 1.45 bits per heavy atom. The van der Waals surface area contributed by atoms with Crippen molar-refractivity contribution in [2.24, 2.45) is 10.4 Å². The van der Waals surface area contributed by atoms with E-state index in [0.29, 0.717) is 6.10 Å². The number of methoxy groups -OCH3 is 1. The van der Waals surface area contributed by atoms with Crippen LogP contribution in [0.3, 0.4) is 0 Å². The maximum atomic E-state index is 9.41. The minimum atomic E-state index is -0.128. The third kappa shape index (κ3) is 3.03. The monoisotopic (exact) mass is 383 g/mol. The SMILES string of the molecule is COC1CCC2(CC1)Cc1ccc(Br)cc1C2=N[C@@H](P)CO. The molecule has 1 saturated carbocycles. The first kappa shape index (κ1) is 16.6. The molecular weight excluding hydrogens is 361 g/mol. The predicted octanol–water partition coefficient (Wildman–Crippen LogP) is 3.56. The number of fused-ring (bicyclic) bond motifs is 1. The first-order valence-corrected chi connectivity index (χ1v) is 9.30. The lowest BCUT2D eigenvalue weighted by molar-refractivity contribution is 0.0467. The molecule has 1 aromatic rings. The van der Waals surface area contributed by atoms with E-state index in [1.807, 2.05) is 7.11 Å². The standard InChI is InChI=1S/C17H23BrNO2P/c1-21-13-4-6-17(7-5-13)9-11-2-3-12(18)8-14(11)16(17)19-15(22)10-20/h2-3,8,13,15,20H,4-7,9-10,22H2,1H3/t13?,15-,17?/m0/s1. The highest BCUT2D eigenvalue weighted by Gasteiger charge is 2.45. The van der Waals surface area contributed by atoms with E-state index in [2.05, 4.69) is 43.4 Å². The van der Waals surface area contributed by atoms with Crippen LogP contribution in [-0.4, -0.2) is 36.4 Å². The minimum Gasteiger partial charge on any atom is -0.394 e. The summed E-state index contributed by atoms with van der Waals surface area (Å²) in [6.45, 7) is 0.0638. The van der Waals surface area contributed by atoms with Crippen molar-refractivity contribution in [2.45, 2.75) is 44.0 Å². The Bertz CT molecular complexity index is 582. The zero-order valence-corrected chi connectivity index (χ0v) is 15.6. The molecule has 3 nitrogen and oxygen atoms in total. The van der Waals surface area contributed by atoms with E-state index >= 15 is 0 Å². The van der Waals surface area contributed by atoms with E-state index in [1.54, 1.807) is 0 Å².